The normalized spacial score (nSPS) is 11.3. The van der Waals surface area contributed by atoms with E-state index in [-0.39, 0.29) is 5.56 Å². The van der Waals surface area contributed by atoms with Crippen LogP contribution in [0.5, 0.6) is 0 Å². The Hall–Kier alpha value is -3.29. The highest BCUT2D eigenvalue weighted by atomic mass is 16.4. The highest BCUT2D eigenvalue weighted by molar-refractivity contribution is 6.01. The average Bonchev–Trinajstić information content (AvgIpc) is 3.10. The highest BCUT2D eigenvalue weighted by Crippen LogP contribution is 2.25. The van der Waals surface area contributed by atoms with E-state index >= 15 is 0 Å². The van der Waals surface area contributed by atoms with Crippen LogP contribution in [-0.4, -0.2) is 41.4 Å². The minimum atomic E-state index is -0.966. The predicted molar refractivity (Wildman–Crippen MR) is 78.5 cm³/mol. The fraction of sp³-hybridized carbons (Fsp3) is 0.0714. The molecule has 108 valence electrons. The molecule has 0 aliphatic carbocycles. The van der Waals surface area contributed by atoms with Crippen molar-refractivity contribution in [1.82, 2.24) is 30.4 Å². The minimum absolute atomic E-state index is 0.220. The van der Waals surface area contributed by atoms with Crippen molar-refractivity contribution in [2.45, 2.75) is 6.92 Å². The molecule has 0 unspecified atom stereocenters. The number of carbonyl (C=O) groups is 1. The second kappa shape index (κ2) is 4.35. The van der Waals surface area contributed by atoms with E-state index in [9.17, 15) is 4.79 Å². The summed E-state index contributed by atoms with van der Waals surface area (Å²) >= 11 is 0. The number of hydrogen-bond donors (Lipinski definition) is 3. The third-order valence-electron chi connectivity index (χ3n) is 3.49. The molecule has 3 N–H and O–H groups in total. The van der Waals surface area contributed by atoms with Crippen LogP contribution in [0, 0.1) is 6.92 Å². The Balaban J connectivity index is 1.90. The van der Waals surface area contributed by atoms with Gasteiger partial charge in [-0.3, -0.25) is 5.10 Å². The van der Waals surface area contributed by atoms with Gasteiger partial charge >= 0.3 is 5.97 Å². The van der Waals surface area contributed by atoms with Gasteiger partial charge in [0.05, 0.1) is 10.9 Å². The highest BCUT2D eigenvalue weighted by Gasteiger charge is 2.15. The van der Waals surface area contributed by atoms with Crippen LogP contribution >= 0.6 is 0 Å². The number of benzene rings is 1. The summed E-state index contributed by atoms with van der Waals surface area (Å²) in [5.41, 5.74) is 3.60. The zero-order chi connectivity index (χ0) is 15.3. The number of nitrogens with one attached hydrogen (secondary N) is 2. The Morgan fingerprint density at radius 2 is 1.86 bits per heavy atom. The molecule has 22 heavy (non-hydrogen) atoms. The molecular weight excluding hydrogens is 284 g/mol. The molecule has 0 amide bonds. The smallest absolute Gasteiger partial charge is 0.335 e. The number of H-pyrrole nitrogens is 2. The van der Waals surface area contributed by atoms with E-state index in [4.69, 9.17) is 5.11 Å². The lowest BCUT2D eigenvalue weighted by atomic mass is 10.1. The van der Waals surface area contributed by atoms with E-state index in [0.29, 0.717) is 22.6 Å². The third-order valence-corrected chi connectivity index (χ3v) is 3.49. The molecule has 0 aliphatic rings. The predicted octanol–water partition coefficient (Wildman–Crippen LogP) is 1.90. The summed E-state index contributed by atoms with van der Waals surface area (Å²) in [5, 5.41) is 23.8. The van der Waals surface area contributed by atoms with Crippen molar-refractivity contribution < 1.29 is 9.90 Å². The quantitative estimate of drug-likeness (QED) is 0.519. The van der Waals surface area contributed by atoms with E-state index in [1.54, 1.807) is 12.1 Å². The maximum Gasteiger partial charge on any atom is 0.335 e. The van der Waals surface area contributed by atoms with Crippen LogP contribution in [0.2, 0.25) is 0 Å². The van der Waals surface area contributed by atoms with E-state index in [1.165, 1.54) is 12.1 Å². The molecule has 0 fully saturated rings. The number of hydrogen-bond acceptors (Lipinski definition) is 5. The standard InChI is InChI=1S/C14H10N6O2/c1-6-9-10-13(20-19-12(9)18-17-6)16-11(15-10)7-2-4-8(5-3-7)14(21)22/h2-5H,1H3,(H,21,22)(H2,17,18,19). The van der Waals surface area contributed by atoms with Crippen LogP contribution in [0.25, 0.3) is 33.6 Å². The Bertz CT molecular complexity index is 1020. The maximum atomic E-state index is 10.9. The third kappa shape index (κ3) is 1.74. The largest absolute Gasteiger partial charge is 0.478 e. The van der Waals surface area contributed by atoms with Gasteiger partial charge in [0.1, 0.15) is 5.52 Å². The molecule has 4 rings (SSSR count). The van der Waals surface area contributed by atoms with Crippen molar-refractivity contribution in [3.8, 4) is 11.4 Å². The van der Waals surface area contributed by atoms with Crippen molar-refractivity contribution in [3.05, 3.63) is 35.5 Å². The van der Waals surface area contributed by atoms with Gasteiger partial charge in [-0.15, -0.1) is 10.2 Å². The van der Waals surface area contributed by atoms with Gasteiger partial charge in [0.15, 0.2) is 11.5 Å². The fourth-order valence-electron chi connectivity index (χ4n) is 2.38. The van der Waals surface area contributed by atoms with Crippen LogP contribution < -0.4 is 0 Å². The summed E-state index contributed by atoms with van der Waals surface area (Å²) in [5.74, 6) is -0.472. The lowest BCUT2D eigenvalue weighted by molar-refractivity contribution is 0.0697. The van der Waals surface area contributed by atoms with Gasteiger partial charge in [-0.2, -0.15) is 0 Å². The van der Waals surface area contributed by atoms with Crippen LogP contribution in [0.1, 0.15) is 16.1 Å². The first kappa shape index (κ1) is 12.5. The Morgan fingerprint density at radius 1 is 1.09 bits per heavy atom. The van der Waals surface area contributed by atoms with Gasteiger partial charge < -0.3 is 10.2 Å². The first-order chi connectivity index (χ1) is 10.6. The molecule has 1 aromatic carbocycles. The number of nitrogens with zero attached hydrogens (tertiary/aromatic N) is 4. The summed E-state index contributed by atoms with van der Waals surface area (Å²) in [7, 11) is 0. The monoisotopic (exact) mass is 294 g/mol. The first-order valence-electron chi connectivity index (χ1n) is 6.54. The van der Waals surface area contributed by atoms with E-state index < -0.39 is 5.97 Å². The second-order valence-electron chi connectivity index (χ2n) is 4.90. The SMILES string of the molecule is Cc1[nH][nH]c2nnc3nc(-c4ccc(C(=O)O)cc4)nc3c12. The molecule has 4 aromatic rings. The Kier molecular flexibility index (Phi) is 2.46. The number of aromatic amines is 2. The molecule has 3 aromatic heterocycles. The van der Waals surface area contributed by atoms with Crippen LogP contribution in [-0.2, 0) is 0 Å². The lowest BCUT2D eigenvalue weighted by Crippen LogP contribution is -1.95. The van der Waals surface area contributed by atoms with Crippen molar-refractivity contribution in [1.29, 1.82) is 0 Å². The summed E-state index contributed by atoms with van der Waals surface area (Å²) in [4.78, 5) is 19.8. The number of rotatable bonds is 2. The Labute approximate surface area is 123 Å². The van der Waals surface area contributed by atoms with Gasteiger partial charge in [0.25, 0.3) is 0 Å². The van der Waals surface area contributed by atoms with Gasteiger partial charge in [0.2, 0.25) is 5.65 Å². The first-order valence-corrected chi connectivity index (χ1v) is 6.54. The minimum Gasteiger partial charge on any atom is -0.478 e. The molecule has 0 radical (unpaired) electrons. The zero-order valence-corrected chi connectivity index (χ0v) is 11.5. The fourth-order valence-corrected chi connectivity index (χ4v) is 2.38. The number of carboxylic acids is 1. The molecule has 0 saturated heterocycles. The number of imidazole rings is 1. The van der Waals surface area contributed by atoms with Crippen LogP contribution in [0.15, 0.2) is 24.3 Å². The van der Waals surface area contributed by atoms with Crippen molar-refractivity contribution >= 4 is 28.2 Å². The molecule has 0 spiro atoms. The van der Waals surface area contributed by atoms with Crippen molar-refractivity contribution in [2.75, 3.05) is 0 Å². The number of aryl methyl sites for hydroxylation is 1. The number of aromatic nitrogens is 6. The maximum absolute atomic E-state index is 10.9. The van der Waals surface area contributed by atoms with Gasteiger partial charge in [0, 0.05) is 11.3 Å². The number of aromatic carboxylic acids is 1. The molecule has 0 atom stereocenters. The van der Waals surface area contributed by atoms with Crippen LogP contribution in [0.3, 0.4) is 0 Å². The molecule has 0 bridgehead atoms. The summed E-state index contributed by atoms with van der Waals surface area (Å²) in [6.07, 6.45) is 0. The van der Waals surface area contributed by atoms with Gasteiger partial charge in [-0.1, -0.05) is 12.1 Å². The molecular formula is C14H10N6O2. The van der Waals surface area contributed by atoms with Crippen LogP contribution in [0.4, 0.5) is 0 Å². The summed E-state index contributed by atoms with van der Waals surface area (Å²) in [6.45, 7) is 1.91. The topological polar surface area (TPSA) is 120 Å². The van der Waals surface area contributed by atoms with Crippen molar-refractivity contribution in [2.24, 2.45) is 0 Å². The van der Waals surface area contributed by atoms with Crippen molar-refractivity contribution in [3.63, 3.8) is 0 Å². The Morgan fingerprint density at radius 3 is 2.59 bits per heavy atom. The van der Waals surface area contributed by atoms with Gasteiger partial charge in [-0.05, 0) is 19.1 Å². The molecule has 0 saturated carbocycles. The number of carboxylic acid groups (broad SMARTS) is 1. The van der Waals surface area contributed by atoms with E-state index in [2.05, 4.69) is 30.4 Å². The van der Waals surface area contributed by atoms with E-state index in [1.807, 2.05) is 6.92 Å². The lowest BCUT2D eigenvalue weighted by Gasteiger charge is -1.96. The molecule has 0 aliphatic heterocycles. The molecule has 8 nitrogen and oxygen atoms in total. The number of fused-ring (bicyclic) bond motifs is 3. The zero-order valence-electron chi connectivity index (χ0n) is 11.5. The average molecular weight is 294 g/mol. The van der Waals surface area contributed by atoms with E-state index in [0.717, 1.165) is 16.6 Å². The molecule has 8 heteroatoms. The summed E-state index contributed by atoms with van der Waals surface area (Å²) in [6, 6.07) is 6.40. The summed E-state index contributed by atoms with van der Waals surface area (Å²) < 4.78 is 0. The second-order valence-corrected chi connectivity index (χ2v) is 4.90. The van der Waals surface area contributed by atoms with Gasteiger partial charge in [-0.25, -0.2) is 14.8 Å². The molecule has 3 heterocycles.